The third kappa shape index (κ3) is 18.5. The lowest BCUT2D eigenvalue weighted by molar-refractivity contribution is -0.142. The molecule has 2 heterocycles. The minimum Gasteiger partial charge on any atom is -0.508 e. The van der Waals surface area contributed by atoms with Crippen LogP contribution in [0.15, 0.2) is 109 Å². The van der Waals surface area contributed by atoms with Gasteiger partial charge in [-0.15, -0.1) is 0 Å². The minimum atomic E-state index is -1.83. The normalized spacial score (nSPS) is 13.8. The first kappa shape index (κ1) is 61.7. The van der Waals surface area contributed by atoms with Gasteiger partial charge in [-0.2, -0.15) is 23.5 Å². The van der Waals surface area contributed by atoms with Crippen molar-refractivity contribution >= 4 is 98.6 Å². The number of rotatable bonds is 31. The Morgan fingerprint density at radius 1 is 0.494 bits per heavy atom. The Labute approximate surface area is 474 Å². The van der Waals surface area contributed by atoms with Crippen LogP contribution in [0.25, 0.3) is 21.8 Å². The van der Waals surface area contributed by atoms with E-state index in [1.165, 1.54) is 59.9 Å². The summed E-state index contributed by atoms with van der Waals surface area (Å²) in [6.45, 7) is -0.850. The highest BCUT2D eigenvalue weighted by Gasteiger charge is 2.34. The fourth-order valence-electron chi connectivity index (χ4n) is 8.80. The first-order valence-corrected chi connectivity index (χ1v) is 28.5. The summed E-state index contributed by atoms with van der Waals surface area (Å²) in [7, 11) is 0. The van der Waals surface area contributed by atoms with E-state index in [4.69, 9.17) is 5.73 Å². The van der Waals surface area contributed by atoms with E-state index in [9.17, 15) is 63.6 Å². The molecular weight excluding hydrogens is 1080 g/mol. The number of nitrogens with two attached hydrogens (primary N) is 1. The number of aromatic amines is 2. The van der Waals surface area contributed by atoms with E-state index >= 15 is 0 Å². The Hall–Kier alpha value is -8.55. The molecule has 7 atom stereocenters. The fourth-order valence-corrected chi connectivity index (χ4v) is 9.74. The van der Waals surface area contributed by atoms with Crippen molar-refractivity contribution in [3.8, 4) is 11.5 Å². The molecule has 0 bridgehead atoms. The summed E-state index contributed by atoms with van der Waals surface area (Å²) in [5.74, 6) is -8.25. The second kappa shape index (κ2) is 30.2. The number of thioether (sulfide) groups is 2. The van der Waals surface area contributed by atoms with Gasteiger partial charge in [0, 0.05) is 53.5 Å². The summed E-state index contributed by atoms with van der Waals surface area (Å²) >= 11 is 2.77. The highest BCUT2D eigenvalue weighted by Crippen LogP contribution is 2.22. The Balaban J connectivity index is 1.20. The molecule has 0 fully saturated rings. The van der Waals surface area contributed by atoms with Crippen LogP contribution in [-0.4, -0.2) is 157 Å². The van der Waals surface area contributed by atoms with Crippen molar-refractivity contribution in [2.75, 3.05) is 30.6 Å². The molecule has 6 aromatic rings. The van der Waals surface area contributed by atoms with Crippen molar-refractivity contribution in [1.29, 1.82) is 0 Å². The van der Waals surface area contributed by atoms with Crippen molar-refractivity contribution in [3.63, 3.8) is 0 Å². The number of aliphatic carboxylic acids is 2. The Bertz CT molecular complexity index is 3170. The second-order valence-corrected chi connectivity index (χ2v) is 21.1. The lowest BCUT2D eigenvalue weighted by atomic mass is 10.0. The average Bonchev–Trinajstić information content (AvgIpc) is 4.06. The number of aromatic hydroxyl groups is 2. The Morgan fingerprint density at radius 3 is 1.41 bits per heavy atom. The number of carbonyl (C=O) groups is 9. The van der Waals surface area contributed by atoms with Crippen molar-refractivity contribution < 1.29 is 63.6 Å². The molecule has 25 heteroatoms. The molecule has 7 amide bonds. The lowest BCUT2D eigenvalue weighted by Gasteiger charge is -2.26. The number of nitrogens with one attached hydrogen (secondary N) is 9. The van der Waals surface area contributed by atoms with E-state index in [2.05, 4.69) is 47.2 Å². The number of hydrogen-bond acceptors (Lipinski definition) is 14. The van der Waals surface area contributed by atoms with Gasteiger partial charge in [0.25, 0.3) is 0 Å². The molecule has 15 N–H and O–H groups in total. The molecule has 2 aromatic heterocycles. The van der Waals surface area contributed by atoms with Gasteiger partial charge < -0.3 is 73.3 Å². The summed E-state index contributed by atoms with van der Waals surface area (Å²) in [6, 6.07) is 16.4. The molecular formula is C56H66N10O13S2. The van der Waals surface area contributed by atoms with Crippen molar-refractivity contribution in [2.45, 2.75) is 87.2 Å². The Morgan fingerprint density at radius 2 is 0.914 bits per heavy atom. The quantitative estimate of drug-likeness (QED) is 0.0295. The fraction of sp³-hybridized carbons (Fsp3) is 0.339. The standard InChI is InChI=1S/C56H66N10O13S2/c1-80-21-19-42(62-50(72)39(57)23-31-11-15-35(67)16-12-31)52(74)65-46(26-34-29-59-41-10-6-4-8-38(34)41)55(77)66-47(27-49(70)71)51(73)60-30-48(69)61-45(25-33-28-58-40-9-5-3-7-37(33)40)54(76)64-44(24-32-13-17-36(68)18-14-32)53(75)63-43(56(78)79)20-22-81-2/h3-18,28-29,39,42-47,58-59,67-68H,19-27,30,57H2,1-2H3,(H,60,73)(H,61,69)(H,62,72)(H,63,75)(H,64,76)(H,65,74)(H,66,77)(H,70,71)(H,78,79)/t39-,42-,43-,44-,45-,46-,47-/m0/s1. The van der Waals surface area contributed by atoms with Crippen LogP contribution in [0.3, 0.4) is 0 Å². The number of phenolic OH excluding ortho intramolecular Hbond substituents is 2. The van der Waals surface area contributed by atoms with Gasteiger partial charge in [-0.3, -0.25) is 38.4 Å². The molecule has 6 rings (SSSR count). The third-order valence-electron chi connectivity index (χ3n) is 13.1. The van der Waals surface area contributed by atoms with Crippen LogP contribution in [0, 0.1) is 0 Å². The van der Waals surface area contributed by atoms with E-state index < -0.39 is 109 Å². The number of carbonyl (C=O) groups excluding carboxylic acids is 7. The maximum absolute atomic E-state index is 14.4. The average molecular weight is 1150 g/mol. The SMILES string of the molecule is CSCC[C@H](NC(=O)[C@H](Cc1ccc(O)cc1)NC(=O)[C@H](Cc1c[nH]c2ccccc12)NC(=O)CNC(=O)[C@H](CC(=O)O)NC(=O)[C@H](Cc1c[nH]c2ccccc12)NC(=O)[C@H](CCSC)NC(=O)[C@@H](N)Cc1ccc(O)cc1)C(=O)O. The number of carboxylic acids is 2. The number of para-hydroxylation sites is 2. The zero-order valence-electron chi connectivity index (χ0n) is 44.4. The van der Waals surface area contributed by atoms with E-state index in [-0.39, 0.29) is 50.0 Å². The smallest absolute Gasteiger partial charge is 0.326 e. The Kier molecular flexibility index (Phi) is 23.0. The van der Waals surface area contributed by atoms with Gasteiger partial charge >= 0.3 is 11.9 Å². The monoisotopic (exact) mass is 1150 g/mol. The maximum atomic E-state index is 14.4. The molecule has 430 valence electrons. The molecule has 0 saturated carbocycles. The second-order valence-electron chi connectivity index (χ2n) is 19.1. The zero-order chi connectivity index (χ0) is 58.6. The van der Waals surface area contributed by atoms with E-state index in [0.717, 1.165) is 0 Å². The summed E-state index contributed by atoms with van der Waals surface area (Å²) < 4.78 is 0. The number of hydrogen-bond donors (Lipinski definition) is 14. The van der Waals surface area contributed by atoms with Crippen LogP contribution in [0.2, 0.25) is 0 Å². The van der Waals surface area contributed by atoms with E-state index in [1.807, 2.05) is 0 Å². The molecule has 0 unspecified atom stereocenters. The first-order chi connectivity index (χ1) is 38.8. The number of benzene rings is 4. The van der Waals surface area contributed by atoms with Crippen molar-refractivity contribution in [3.05, 3.63) is 132 Å². The largest absolute Gasteiger partial charge is 0.508 e. The molecule has 23 nitrogen and oxygen atoms in total. The van der Waals surface area contributed by atoms with E-state index in [1.54, 1.807) is 85.6 Å². The highest BCUT2D eigenvalue weighted by atomic mass is 32.2. The summed E-state index contributed by atoms with van der Waals surface area (Å²) in [5, 5.41) is 58.8. The molecule has 0 aliphatic heterocycles. The molecule has 0 aliphatic carbocycles. The van der Waals surface area contributed by atoms with Crippen molar-refractivity contribution in [2.24, 2.45) is 5.73 Å². The van der Waals surface area contributed by atoms with Gasteiger partial charge in [-0.05, 0) is 102 Å². The predicted octanol–water partition coefficient (Wildman–Crippen LogP) is 1.75. The zero-order valence-corrected chi connectivity index (χ0v) is 46.0. The first-order valence-electron chi connectivity index (χ1n) is 25.7. The van der Waals surface area contributed by atoms with Crippen LogP contribution in [-0.2, 0) is 68.8 Å². The number of aromatic nitrogens is 2. The number of fused-ring (bicyclic) bond motifs is 2. The lowest BCUT2D eigenvalue weighted by Crippen LogP contribution is -2.59. The minimum absolute atomic E-state index is 0.0257. The topological polar surface area (TPSA) is 376 Å². The van der Waals surface area contributed by atoms with Crippen LogP contribution in [0.4, 0.5) is 0 Å². The third-order valence-corrected chi connectivity index (χ3v) is 14.4. The van der Waals surface area contributed by atoms with Gasteiger partial charge in [0.05, 0.1) is 19.0 Å². The maximum Gasteiger partial charge on any atom is 0.326 e. The molecule has 0 aliphatic rings. The van der Waals surface area contributed by atoms with Crippen LogP contribution < -0.4 is 43.0 Å². The molecule has 81 heavy (non-hydrogen) atoms. The summed E-state index contributed by atoms with van der Waals surface area (Å²) in [4.78, 5) is 129. The van der Waals surface area contributed by atoms with Crippen LogP contribution in [0.5, 0.6) is 11.5 Å². The van der Waals surface area contributed by atoms with E-state index in [0.29, 0.717) is 55.6 Å². The number of H-pyrrole nitrogens is 2. The van der Waals surface area contributed by atoms with Gasteiger partial charge in [0.2, 0.25) is 41.4 Å². The van der Waals surface area contributed by atoms with Crippen LogP contribution in [0.1, 0.15) is 41.5 Å². The van der Waals surface area contributed by atoms with Crippen LogP contribution >= 0.6 is 23.5 Å². The number of amides is 7. The van der Waals surface area contributed by atoms with Gasteiger partial charge in [-0.25, -0.2) is 4.79 Å². The predicted molar refractivity (Wildman–Crippen MR) is 306 cm³/mol. The highest BCUT2D eigenvalue weighted by molar-refractivity contribution is 7.98. The molecule has 0 radical (unpaired) electrons. The number of phenols is 2. The molecule has 0 spiro atoms. The number of carboxylic acid groups (broad SMARTS) is 2. The molecule has 0 saturated heterocycles. The van der Waals surface area contributed by atoms with Gasteiger partial charge in [0.1, 0.15) is 47.8 Å². The molecule has 4 aromatic carbocycles. The summed E-state index contributed by atoms with van der Waals surface area (Å²) in [6.07, 6.45) is 5.63. The summed E-state index contributed by atoms with van der Waals surface area (Å²) in [5.41, 5.74) is 9.94. The van der Waals surface area contributed by atoms with Crippen molar-refractivity contribution in [1.82, 2.24) is 47.2 Å². The van der Waals surface area contributed by atoms with Gasteiger partial charge in [-0.1, -0.05) is 60.7 Å². The van der Waals surface area contributed by atoms with Gasteiger partial charge in [0.15, 0.2) is 0 Å².